The molecule has 1 saturated carbocycles. The van der Waals surface area contributed by atoms with Crippen LogP contribution in [-0.2, 0) is 11.3 Å². The van der Waals surface area contributed by atoms with E-state index in [1.807, 2.05) is 0 Å². The van der Waals surface area contributed by atoms with Crippen molar-refractivity contribution in [2.75, 3.05) is 18.5 Å². The first-order valence-electron chi connectivity index (χ1n) is 9.16. The summed E-state index contributed by atoms with van der Waals surface area (Å²) in [4.78, 5) is 16.7. The molecule has 27 heavy (non-hydrogen) atoms. The number of allylic oxidation sites excluding steroid dienone is 1. The van der Waals surface area contributed by atoms with Crippen LogP contribution in [0.1, 0.15) is 40.9 Å². The third-order valence-electron chi connectivity index (χ3n) is 5.09. The highest BCUT2D eigenvalue weighted by molar-refractivity contribution is 6.13. The Morgan fingerprint density at radius 3 is 2.93 bits per heavy atom. The Hall–Kier alpha value is -2.52. The van der Waals surface area contributed by atoms with Gasteiger partial charge in [0.1, 0.15) is 0 Å². The van der Waals surface area contributed by atoms with Crippen LogP contribution in [0.25, 0.3) is 5.57 Å². The van der Waals surface area contributed by atoms with Gasteiger partial charge in [0.05, 0.1) is 17.9 Å². The summed E-state index contributed by atoms with van der Waals surface area (Å²) in [5.41, 5.74) is 7.27. The van der Waals surface area contributed by atoms with Crippen molar-refractivity contribution in [2.45, 2.75) is 43.9 Å². The smallest absolute Gasteiger partial charge is 0.254 e. The molecule has 1 amide bonds. The maximum Gasteiger partial charge on any atom is 0.254 e. The van der Waals surface area contributed by atoms with E-state index in [4.69, 9.17) is 15.9 Å². The van der Waals surface area contributed by atoms with Gasteiger partial charge in [-0.3, -0.25) is 4.79 Å². The van der Waals surface area contributed by atoms with E-state index < -0.39 is 5.82 Å². The molecule has 9 heteroatoms. The predicted molar refractivity (Wildman–Crippen MR) is 99.1 cm³/mol. The van der Waals surface area contributed by atoms with E-state index in [0.717, 1.165) is 19.1 Å². The molecule has 6 N–H and O–H groups in total. The lowest BCUT2D eigenvalue weighted by molar-refractivity contribution is 0.0751. The van der Waals surface area contributed by atoms with Gasteiger partial charge in [0.15, 0.2) is 11.6 Å². The molecule has 8 nitrogen and oxygen atoms in total. The Balaban J connectivity index is 1.73. The Morgan fingerprint density at radius 2 is 2.22 bits per heavy atom. The molecular weight excluding hydrogens is 351 g/mol. The highest BCUT2D eigenvalue weighted by Crippen LogP contribution is 2.31. The van der Waals surface area contributed by atoms with Gasteiger partial charge in [-0.05, 0) is 19.3 Å². The largest absolute Gasteiger partial charge is 0.388 e. The van der Waals surface area contributed by atoms with Gasteiger partial charge in [-0.25, -0.2) is 9.37 Å². The Bertz CT molecular complexity index is 808. The van der Waals surface area contributed by atoms with Crippen molar-refractivity contribution in [3.8, 4) is 0 Å². The standard InChI is InChI=1S/C18H23FN6O2/c19-15-11-7-23-18(26)14(11)16(9(5-20)6-22-10-1-2-10)25-17(15)24-13-3-4-27-8-12(13)21/h5-6,10,12-13,20,22H,1-4,7-8,21H2,(H,23,26)(H,24,25)/b9-6+,20-5?. The van der Waals surface area contributed by atoms with E-state index in [9.17, 15) is 4.79 Å². The molecule has 1 aromatic rings. The van der Waals surface area contributed by atoms with Crippen molar-refractivity contribution in [2.24, 2.45) is 5.73 Å². The number of carbonyl (C=O) groups excluding carboxylic acids is 1. The molecule has 0 spiro atoms. The quantitative estimate of drug-likeness (QED) is 0.468. The average molecular weight is 374 g/mol. The molecule has 1 aromatic heterocycles. The first-order valence-corrected chi connectivity index (χ1v) is 9.16. The summed E-state index contributed by atoms with van der Waals surface area (Å²) in [6.07, 6.45) is 5.60. The number of nitrogens with zero attached hydrogens (tertiary/aromatic N) is 1. The third-order valence-corrected chi connectivity index (χ3v) is 5.09. The van der Waals surface area contributed by atoms with Crippen molar-refractivity contribution in [3.05, 3.63) is 28.8 Å². The van der Waals surface area contributed by atoms with Crippen LogP contribution < -0.4 is 21.7 Å². The second-order valence-corrected chi connectivity index (χ2v) is 7.12. The lowest BCUT2D eigenvalue weighted by Gasteiger charge is -2.30. The monoisotopic (exact) mass is 374 g/mol. The summed E-state index contributed by atoms with van der Waals surface area (Å²) in [6, 6.07) is -0.0560. The number of amides is 1. The molecule has 3 heterocycles. The first kappa shape index (κ1) is 17.9. The van der Waals surface area contributed by atoms with Gasteiger partial charge in [0.2, 0.25) is 0 Å². The summed E-state index contributed by atoms with van der Waals surface area (Å²) in [5.74, 6) is -0.869. The zero-order valence-electron chi connectivity index (χ0n) is 14.8. The molecular formula is C18H23FN6O2. The Kier molecular flexibility index (Phi) is 4.79. The fourth-order valence-corrected chi connectivity index (χ4v) is 3.34. The van der Waals surface area contributed by atoms with Gasteiger partial charge in [-0.1, -0.05) is 0 Å². The lowest BCUT2D eigenvalue weighted by Crippen LogP contribution is -2.48. The van der Waals surface area contributed by atoms with E-state index in [0.29, 0.717) is 36.9 Å². The lowest BCUT2D eigenvalue weighted by atomic mass is 10.0. The topological polar surface area (TPSA) is 125 Å². The number of pyridine rings is 1. The summed E-state index contributed by atoms with van der Waals surface area (Å²) in [6.45, 7) is 1.04. The summed E-state index contributed by atoms with van der Waals surface area (Å²) in [7, 11) is 0. The molecule has 1 aliphatic carbocycles. The number of nitrogens with one attached hydrogen (secondary N) is 4. The molecule has 4 rings (SSSR count). The molecule has 0 bridgehead atoms. The van der Waals surface area contributed by atoms with Crippen molar-refractivity contribution >= 4 is 23.5 Å². The van der Waals surface area contributed by atoms with Crippen LogP contribution in [0.15, 0.2) is 6.20 Å². The SMILES string of the molecule is N=C/C(=C\NC1CC1)c1nc(NC2CCOCC2N)c(F)c2c1C(=O)NC2. The molecule has 0 radical (unpaired) electrons. The van der Waals surface area contributed by atoms with Gasteiger partial charge in [-0.2, -0.15) is 0 Å². The molecule has 0 aromatic carbocycles. The third kappa shape index (κ3) is 3.52. The van der Waals surface area contributed by atoms with Crippen molar-refractivity contribution in [1.29, 1.82) is 5.41 Å². The van der Waals surface area contributed by atoms with Crippen LogP contribution in [0, 0.1) is 11.2 Å². The number of nitrogens with two attached hydrogens (primary N) is 1. The minimum absolute atomic E-state index is 0.0572. The van der Waals surface area contributed by atoms with Crippen LogP contribution in [0.4, 0.5) is 10.2 Å². The predicted octanol–water partition coefficient (Wildman–Crippen LogP) is 0.735. The molecule has 2 aliphatic heterocycles. The highest BCUT2D eigenvalue weighted by atomic mass is 19.1. The van der Waals surface area contributed by atoms with Crippen LogP contribution >= 0.6 is 0 Å². The van der Waals surface area contributed by atoms with Crippen LogP contribution in [0.2, 0.25) is 0 Å². The van der Waals surface area contributed by atoms with E-state index in [1.54, 1.807) is 6.20 Å². The Labute approximate surface area is 156 Å². The maximum atomic E-state index is 15.0. The van der Waals surface area contributed by atoms with Crippen molar-refractivity contribution in [1.82, 2.24) is 15.6 Å². The van der Waals surface area contributed by atoms with Crippen LogP contribution in [-0.4, -0.2) is 48.4 Å². The number of anilines is 1. The fraction of sp³-hybridized carbons (Fsp3) is 0.500. The summed E-state index contributed by atoms with van der Waals surface area (Å²) < 4.78 is 20.3. The van der Waals surface area contributed by atoms with E-state index in [2.05, 4.69) is 20.9 Å². The normalized spacial score (nSPS) is 25.0. The minimum atomic E-state index is -0.551. The van der Waals surface area contributed by atoms with Gasteiger partial charge in [0, 0.05) is 54.8 Å². The molecule has 1 saturated heterocycles. The minimum Gasteiger partial charge on any atom is -0.388 e. The molecule has 2 atom stereocenters. The van der Waals surface area contributed by atoms with E-state index >= 15 is 4.39 Å². The zero-order valence-corrected chi connectivity index (χ0v) is 14.8. The average Bonchev–Trinajstić information content (AvgIpc) is 3.41. The maximum absolute atomic E-state index is 15.0. The number of hydrogen-bond acceptors (Lipinski definition) is 7. The second kappa shape index (κ2) is 7.24. The summed E-state index contributed by atoms with van der Waals surface area (Å²) in [5, 5.41) is 16.7. The first-order chi connectivity index (χ1) is 13.1. The van der Waals surface area contributed by atoms with Crippen molar-refractivity contribution in [3.63, 3.8) is 0 Å². The van der Waals surface area contributed by atoms with Gasteiger partial charge < -0.3 is 31.8 Å². The van der Waals surface area contributed by atoms with Gasteiger partial charge >= 0.3 is 0 Å². The summed E-state index contributed by atoms with van der Waals surface area (Å²) >= 11 is 0. The highest BCUT2D eigenvalue weighted by Gasteiger charge is 2.32. The number of fused-ring (bicyclic) bond motifs is 1. The number of rotatable bonds is 6. The molecule has 3 aliphatic rings. The number of halogens is 1. The van der Waals surface area contributed by atoms with Gasteiger partial charge in [-0.15, -0.1) is 0 Å². The molecule has 2 unspecified atom stereocenters. The van der Waals surface area contributed by atoms with Crippen LogP contribution in [0.3, 0.4) is 0 Å². The molecule has 144 valence electrons. The number of aromatic nitrogens is 1. The number of carbonyl (C=O) groups is 1. The zero-order chi connectivity index (χ0) is 19.0. The van der Waals surface area contributed by atoms with Crippen LogP contribution in [0.5, 0.6) is 0 Å². The van der Waals surface area contributed by atoms with E-state index in [-0.39, 0.29) is 41.5 Å². The Morgan fingerprint density at radius 1 is 1.41 bits per heavy atom. The number of hydrogen-bond donors (Lipinski definition) is 5. The second-order valence-electron chi connectivity index (χ2n) is 7.12. The fourth-order valence-electron chi connectivity index (χ4n) is 3.34. The van der Waals surface area contributed by atoms with E-state index in [1.165, 1.54) is 0 Å². The van der Waals surface area contributed by atoms with Gasteiger partial charge in [0.25, 0.3) is 5.91 Å². The van der Waals surface area contributed by atoms with Crippen molar-refractivity contribution < 1.29 is 13.9 Å². The molecule has 2 fully saturated rings. The number of ether oxygens (including phenoxy) is 1.